The highest BCUT2D eigenvalue weighted by Crippen LogP contribution is 2.41. The van der Waals surface area contributed by atoms with Crippen LogP contribution in [0.4, 0.5) is 0 Å². The summed E-state index contributed by atoms with van der Waals surface area (Å²) in [5, 5.41) is 0. The largest absolute Gasteiger partial charge is 0.372 e. The molecule has 2 N–H and O–H groups in total. The van der Waals surface area contributed by atoms with Gasteiger partial charge in [-0.25, -0.2) is 0 Å². The molecule has 2 nitrogen and oxygen atoms in total. The van der Waals surface area contributed by atoms with E-state index in [1.807, 2.05) is 6.07 Å². The molecule has 0 aliphatic carbocycles. The van der Waals surface area contributed by atoms with Gasteiger partial charge in [0.1, 0.15) is 4.34 Å². The molecular weight excluding hydrogens is 298 g/mol. The smallest absolute Gasteiger partial charge is 0.107 e. The van der Waals surface area contributed by atoms with Crippen LogP contribution in [0.15, 0.2) is 10.5 Å². The molecule has 1 aromatic rings. The summed E-state index contributed by atoms with van der Waals surface area (Å²) in [6, 6.07) is 2.05. The van der Waals surface area contributed by atoms with Crippen molar-refractivity contribution in [3.8, 4) is 0 Å². The quantitative estimate of drug-likeness (QED) is 0.906. The Hall–Kier alpha value is 0.390. The lowest BCUT2D eigenvalue weighted by atomic mass is 9.93. The highest BCUT2D eigenvalue weighted by atomic mass is 79.9. The van der Waals surface area contributed by atoms with Crippen molar-refractivity contribution in [1.29, 1.82) is 0 Å². The molecule has 1 aliphatic heterocycles. The van der Waals surface area contributed by atoms with Crippen LogP contribution in [0, 0.1) is 5.92 Å². The van der Waals surface area contributed by atoms with Gasteiger partial charge in [-0.2, -0.15) is 0 Å². The minimum absolute atomic E-state index is 0.137. The molecule has 15 heavy (non-hydrogen) atoms. The highest BCUT2D eigenvalue weighted by molar-refractivity contribution is 9.10. The first-order chi connectivity index (χ1) is 7.22. The lowest BCUT2D eigenvalue weighted by molar-refractivity contribution is -0.0230. The topological polar surface area (TPSA) is 35.2 Å². The van der Waals surface area contributed by atoms with E-state index in [-0.39, 0.29) is 6.10 Å². The fourth-order valence-electron chi connectivity index (χ4n) is 1.90. The van der Waals surface area contributed by atoms with Crippen LogP contribution in [-0.4, -0.2) is 13.2 Å². The molecule has 0 radical (unpaired) electrons. The minimum Gasteiger partial charge on any atom is -0.372 e. The minimum atomic E-state index is 0.137. The number of halogens is 2. The maximum Gasteiger partial charge on any atom is 0.107 e. The molecule has 2 rings (SSSR count). The van der Waals surface area contributed by atoms with E-state index in [4.69, 9.17) is 22.1 Å². The van der Waals surface area contributed by atoms with Crippen LogP contribution in [0.25, 0.3) is 0 Å². The van der Waals surface area contributed by atoms with Gasteiger partial charge < -0.3 is 10.5 Å². The number of hydrogen-bond donors (Lipinski definition) is 1. The predicted molar refractivity (Wildman–Crippen MR) is 67.5 cm³/mol. The van der Waals surface area contributed by atoms with Gasteiger partial charge >= 0.3 is 0 Å². The second-order valence-electron chi connectivity index (χ2n) is 3.70. The molecule has 84 valence electrons. The molecular formula is C10H13BrClNOS. The number of thiophene rings is 1. The molecule has 0 bridgehead atoms. The molecule has 2 atom stereocenters. The Balaban J connectivity index is 2.20. The van der Waals surface area contributed by atoms with E-state index in [1.54, 1.807) is 11.3 Å². The second-order valence-corrected chi connectivity index (χ2v) is 6.24. The van der Waals surface area contributed by atoms with Gasteiger partial charge in [0.25, 0.3) is 0 Å². The molecule has 1 fully saturated rings. The highest BCUT2D eigenvalue weighted by Gasteiger charge is 2.28. The van der Waals surface area contributed by atoms with Gasteiger partial charge in [0, 0.05) is 21.9 Å². The Morgan fingerprint density at radius 3 is 3.07 bits per heavy atom. The van der Waals surface area contributed by atoms with Gasteiger partial charge in [0.05, 0.1) is 6.10 Å². The average Bonchev–Trinajstić information content (AvgIpc) is 2.59. The first-order valence-electron chi connectivity index (χ1n) is 4.98. The van der Waals surface area contributed by atoms with Crippen LogP contribution in [0.2, 0.25) is 4.34 Å². The van der Waals surface area contributed by atoms with E-state index in [2.05, 4.69) is 15.9 Å². The van der Waals surface area contributed by atoms with Gasteiger partial charge in [-0.3, -0.25) is 0 Å². The van der Waals surface area contributed by atoms with Crippen molar-refractivity contribution < 1.29 is 4.74 Å². The van der Waals surface area contributed by atoms with Crippen molar-refractivity contribution in [2.24, 2.45) is 11.7 Å². The molecule has 2 unspecified atom stereocenters. The third-order valence-electron chi connectivity index (χ3n) is 2.69. The van der Waals surface area contributed by atoms with Crippen LogP contribution in [0.5, 0.6) is 0 Å². The molecule has 0 amide bonds. The molecule has 0 saturated carbocycles. The maximum atomic E-state index is 6.02. The van der Waals surface area contributed by atoms with Gasteiger partial charge in [-0.15, -0.1) is 11.3 Å². The monoisotopic (exact) mass is 309 g/mol. The van der Waals surface area contributed by atoms with Crippen molar-refractivity contribution in [2.75, 3.05) is 13.2 Å². The first-order valence-corrected chi connectivity index (χ1v) is 6.97. The molecule has 0 spiro atoms. The summed E-state index contributed by atoms with van der Waals surface area (Å²) < 4.78 is 7.53. The van der Waals surface area contributed by atoms with E-state index >= 15 is 0 Å². The van der Waals surface area contributed by atoms with Crippen LogP contribution >= 0.6 is 38.9 Å². The van der Waals surface area contributed by atoms with Gasteiger partial charge in [-0.1, -0.05) is 11.6 Å². The van der Waals surface area contributed by atoms with E-state index in [0.29, 0.717) is 12.5 Å². The summed E-state index contributed by atoms with van der Waals surface area (Å²) in [4.78, 5) is 1.18. The van der Waals surface area contributed by atoms with Crippen molar-refractivity contribution in [3.05, 3.63) is 19.8 Å². The Bertz CT molecular complexity index is 325. The van der Waals surface area contributed by atoms with Crippen LogP contribution in [0.1, 0.15) is 23.8 Å². The van der Waals surface area contributed by atoms with Crippen LogP contribution in [0.3, 0.4) is 0 Å². The molecule has 1 aliphatic rings. The molecule has 5 heteroatoms. The van der Waals surface area contributed by atoms with E-state index in [9.17, 15) is 0 Å². The summed E-state index contributed by atoms with van der Waals surface area (Å²) >= 11 is 11.0. The lowest BCUT2D eigenvalue weighted by Gasteiger charge is -2.30. The molecule has 1 saturated heterocycles. The maximum absolute atomic E-state index is 6.02. The van der Waals surface area contributed by atoms with E-state index in [0.717, 1.165) is 28.3 Å². The first kappa shape index (κ1) is 11.9. The second kappa shape index (κ2) is 5.15. The van der Waals surface area contributed by atoms with Crippen LogP contribution < -0.4 is 5.73 Å². The van der Waals surface area contributed by atoms with Crippen molar-refractivity contribution in [2.45, 2.75) is 18.9 Å². The predicted octanol–water partition coefficient (Wildman–Crippen LogP) is 3.59. The van der Waals surface area contributed by atoms with Crippen molar-refractivity contribution >= 4 is 38.9 Å². The third kappa shape index (κ3) is 2.56. The average molecular weight is 311 g/mol. The van der Waals surface area contributed by atoms with Gasteiger partial charge in [0.2, 0.25) is 0 Å². The third-order valence-corrected chi connectivity index (χ3v) is 5.23. The van der Waals surface area contributed by atoms with Gasteiger partial charge in [0.15, 0.2) is 0 Å². The number of rotatable bonds is 2. The van der Waals surface area contributed by atoms with Crippen LogP contribution in [-0.2, 0) is 4.74 Å². The Kier molecular flexibility index (Phi) is 4.07. The van der Waals surface area contributed by atoms with Gasteiger partial charge in [-0.05, 0) is 41.4 Å². The fourth-order valence-corrected chi connectivity index (χ4v) is 3.78. The zero-order chi connectivity index (χ0) is 10.8. The summed E-state index contributed by atoms with van der Waals surface area (Å²) in [5.41, 5.74) is 5.76. The summed E-state index contributed by atoms with van der Waals surface area (Å²) in [6.07, 6.45) is 2.39. The summed E-state index contributed by atoms with van der Waals surface area (Å²) in [7, 11) is 0. The molecule has 0 aromatic carbocycles. The SMILES string of the molecule is NCC1CCCOC1c1cc(Br)c(Cl)s1. The summed E-state index contributed by atoms with van der Waals surface area (Å²) in [6.45, 7) is 1.51. The zero-order valence-corrected chi connectivity index (χ0v) is 11.4. The van der Waals surface area contributed by atoms with E-state index in [1.165, 1.54) is 4.88 Å². The molecule has 2 heterocycles. The Labute approximate surface area is 107 Å². The summed E-state index contributed by atoms with van der Waals surface area (Å²) in [5.74, 6) is 0.431. The number of hydrogen-bond acceptors (Lipinski definition) is 3. The number of ether oxygens (including phenoxy) is 1. The van der Waals surface area contributed by atoms with Crippen molar-refractivity contribution in [3.63, 3.8) is 0 Å². The zero-order valence-electron chi connectivity index (χ0n) is 8.21. The van der Waals surface area contributed by atoms with Crippen molar-refractivity contribution in [1.82, 2.24) is 0 Å². The Morgan fingerprint density at radius 2 is 2.47 bits per heavy atom. The lowest BCUT2D eigenvalue weighted by Crippen LogP contribution is -2.28. The standard InChI is InChI=1S/C10H13BrClNOS/c11-7-4-8(15-10(7)12)9-6(5-13)2-1-3-14-9/h4,6,9H,1-3,5,13H2. The fraction of sp³-hybridized carbons (Fsp3) is 0.600. The normalized spacial score (nSPS) is 26.9. The number of nitrogens with two attached hydrogens (primary N) is 1. The molecule has 1 aromatic heterocycles. The van der Waals surface area contributed by atoms with E-state index < -0.39 is 0 Å². The Morgan fingerprint density at radius 1 is 1.67 bits per heavy atom.